The van der Waals surface area contributed by atoms with Crippen LogP contribution < -0.4 is 10.1 Å². The predicted octanol–water partition coefficient (Wildman–Crippen LogP) is 3.83. The quantitative estimate of drug-likeness (QED) is 0.867. The Labute approximate surface area is 147 Å². The van der Waals surface area contributed by atoms with Gasteiger partial charge in [-0.3, -0.25) is 9.69 Å². The predicted molar refractivity (Wildman–Crippen MR) is 96.1 cm³/mol. The molecule has 3 rings (SSSR count). The lowest BCUT2D eigenvalue weighted by Crippen LogP contribution is -2.30. The first-order valence-corrected chi connectivity index (χ1v) is 8.64. The average Bonchev–Trinajstić information content (AvgIpc) is 3.10. The molecule has 2 aromatic rings. The molecule has 1 aliphatic rings. The van der Waals surface area contributed by atoms with Gasteiger partial charge in [0.25, 0.3) is 5.91 Å². The van der Waals surface area contributed by atoms with Crippen molar-refractivity contribution in [1.29, 1.82) is 0 Å². The Balaban J connectivity index is 1.57. The molecule has 0 bridgehead atoms. The van der Waals surface area contributed by atoms with Gasteiger partial charge >= 0.3 is 0 Å². The van der Waals surface area contributed by atoms with Gasteiger partial charge in [-0.2, -0.15) is 0 Å². The Hall–Kier alpha value is -2.40. The van der Waals surface area contributed by atoms with Crippen molar-refractivity contribution in [2.24, 2.45) is 0 Å². The van der Waals surface area contributed by atoms with E-state index in [0.29, 0.717) is 5.75 Å². The van der Waals surface area contributed by atoms with Gasteiger partial charge in [0.15, 0.2) is 6.10 Å². The van der Waals surface area contributed by atoms with Crippen molar-refractivity contribution in [3.63, 3.8) is 0 Å². The summed E-state index contributed by atoms with van der Waals surface area (Å²) >= 11 is 0. The van der Waals surface area contributed by atoms with Gasteiger partial charge in [-0.25, -0.2) is 4.39 Å². The van der Waals surface area contributed by atoms with Gasteiger partial charge in [-0.05, 0) is 74.8 Å². The molecular weight excluding hydrogens is 319 g/mol. The molecule has 25 heavy (non-hydrogen) atoms. The first kappa shape index (κ1) is 17.4. The Morgan fingerprint density at radius 2 is 1.92 bits per heavy atom. The van der Waals surface area contributed by atoms with Crippen molar-refractivity contribution < 1.29 is 13.9 Å². The number of carbonyl (C=O) groups is 1. The smallest absolute Gasteiger partial charge is 0.265 e. The molecule has 1 amide bonds. The highest BCUT2D eigenvalue weighted by Crippen LogP contribution is 2.17. The van der Waals surface area contributed by atoms with Crippen LogP contribution in [0.4, 0.5) is 10.1 Å². The third-order valence-corrected chi connectivity index (χ3v) is 4.30. The minimum Gasteiger partial charge on any atom is -0.481 e. The molecule has 5 heteroatoms. The summed E-state index contributed by atoms with van der Waals surface area (Å²) in [7, 11) is 0. The number of anilines is 1. The van der Waals surface area contributed by atoms with Crippen LogP contribution >= 0.6 is 0 Å². The van der Waals surface area contributed by atoms with E-state index >= 15 is 0 Å². The van der Waals surface area contributed by atoms with Crippen LogP contribution in [0.1, 0.15) is 25.3 Å². The molecule has 0 spiro atoms. The summed E-state index contributed by atoms with van der Waals surface area (Å²) in [6.45, 7) is 4.86. The van der Waals surface area contributed by atoms with Crippen molar-refractivity contribution in [3.05, 3.63) is 59.9 Å². The topological polar surface area (TPSA) is 41.6 Å². The van der Waals surface area contributed by atoms with Crippen LogP contribution in [0.15, 0.2) is 48.5 Å². The highest BCUT2D eigenvalue weighted by molar-refractivity contribution is 5.94. The van der Waals surface area contributed by atoms with E-state index < -0.39 is 6.10 Å². The van der Waals surface area contributed by atoms with E-state index in [2.05, 4.69) is 16.3 Å². The van der Waals surface area contributed by atoms with E-state index in [1.54, 1.807) is 6.92 Å². The Morgan fingerprint density at radius 3 is 2.64 bits per heavy atom. The SMILES string of the molecule is C[C@H](Oc1ccc(F)cc1)C(=O)Nc1cccc(CN2CCCC2)c1. The lowest BCUT2D eigenvalue weighted by atomic mass is 10.2. The van der Waals surface area contributed by atoms with Crippen molar-refractivity contribution in [3.8, 4) is 5.75 Å². The van der Waals surface area contributed by atoms with Gasteiger partial charge in [0.2, 0.25) is 0 Å². The van der Waals surface area contributed by atoms with Gasteiger partial charge in [0, 0.05) is 12.2 Å². The van der Waals surface area contributed by atoms with Crippen LogP contribution in [0.2, 0.25) is 0 Å². The number of rotatable bonds is 6. The normalized spacial score (nSPS) is 15.8. The molecule has 1 heterocycles. The summed E-state index contributed by atoms with van der Waals surface area (Å²) in [4.78, 5) is 14.7. The maximum Gasteiger partial charge on any atom is 0.265 e. The van der Waals surface area contributed by atoms with E-state index in [9.17, 15) is 9.18 Å². The Bertz CT molecular complexity index is 712. The third kappa shape index (κ3) is 5.03. The molecule has 0 aliphatic carbocycles. The summed E-state index contributed by atoms with van der Waals surface area (Å²) in [6, 6.07) is 13.5. The number of ether oxygens (including phenoxy) is 1. The summed E-state index contributed by atoms with van der Waals surface area (Å²) in [5, 5.41) is 2.88. The van der Waals surface area contributed by atoms with Crippen LogP contribution in [-0.2, 0) is 11.3 Å². The maximum absolute atomic E-state index is 12.9. The van der Waals surface area contributed by atoms with Crippen LogP contribution in [0.5, 0.6) is 5.75 Å². The van der Waals surface area contributed by atoms with E-state index in [1.807, 2.05) is 18.2 Å². The highest BCUT2D eigenvalue weighted by atomic mass is 19.1. The average molecular weight is 342 g/mol. The number of nitrogens with zero attached hydrogens (tertiary/aromatic N) is 1. The highest BCUT2D eigenvalue weighted by Gasteiger charge is 2.16. The zero-order valence-electron chi connectivity index (χ0n) is 14.4. The lowest BCUT2D eigenvalue weighted by Gasteiger charge is -2.17. The molecule has 0 radical (unpaired) electrons. The second kappa shape index (κ2) is 8.12. The third-order valence-electron chi connectivity index (χ3n) is 4.30. The molecule has 1 fully saturated rings. The molecule has 0 unspecified atom stereocenters. The van der Waals surface area contributed by atoms with Crippen molar-refractivity contribution in [1.82, 2.24) is 4.90 Å². The summed E-state index contributed by atoms with van der Waals surface area (Å²) in [6.07, 6.45) is 1.84. The van der Waals surface area contributed by atoms with E-state index in [1.165, 1.54) is 42.7 Å². The van der Waals surface area contributed by atoms with Crippen LogP contribution in [0, 0.1) is 5.82 Å². The largest absolute Gasteiger partial charge is 0.481 e. The molecule has 0 saturated carbocycles. The lowest BCUT2D eigenvalue weighted by molar-refractivity contribution is -0.122. The van der Waals surface area contributed by atoms with Gasteiger partial charge in [-0.1, -0.05) is 12.1 Å². The van der Waals surface area contributed by atoms with Gasteiger partial charge in [0.05, 0.1) is 0 Å². The maximum atomic E-state index is 12.9. The molecule has 1 N–H and O–H groups in total. The monoisotopic (exact) mass is 342 g/mol. The second-order valence-corrected chi connectivity index (χ2v) is 6.39. The molecule has 1 saturated heterocycles. The van der Waals surface area contributed by atoms with Crippen molar-refractivity contribution >= 4 is 11.6 Å². The summed E-state index contributed by atoms with van der Waals surface area (Å²) in [5.41, 5.74) is 1.95. The van der Waals surface area contributed by atoms with Crippen LogP contribution in [0.3, 0.4) is 0 Å². The Kier molecular flexibility index (Phi) is 5.66. The van der Waals surface area contributed by atoms with Crippen LogP contribution in [-0.4, -0.2) is 30.0 Å². The fourth-order valence-corrected chi connectivity index (χ4v) is 2.96. The molecule has 1 atom stereocenters. The van der Waals surface area contributed by atoms with E-state index in [-0.39, 0.29) is 11.7 Å². The van der Waals surface area contributed by atoms with E-state index in [0.717, 1.165) is 25.3 Å². The number of likely N-dealkylation sites (tertiary alicyclic amines) is 1. The van der Waals surface area contributed by atoms with E-state index in [4.69, 9.17) is 4.74 Å². The van der Waals surface area contributed by atoms with Crippen LogP contribution in [0.25, 0.3) is 0 Å². The number of amides is 1. The standard InChI is InChI=1S/C20H23FN2O2/c1-15(25-19-9-7-17(21)8-10-19)20(24)22-18-6-4-5-16(13-18)14-23-11-2-3-12-23/h4-10,13,15H,2-3,11-12,14H2,1H3,(H,22,24)/t15-/m0/s1. The van der Waals surface area contributed by atoms with Gasteiger partial charge in [-0.15, -0.1) is 0 Å². The molecule has 4 nitrogen and oxygen atoms in total. The Morgan fingerprint density at radius 1 is 1.20 bits per heavy atom. The van der Waals surface area contributed by atoms with Gasteiger partial charge in [0.1, 0.15) is 11.6 Å². The minimum absolute atomic E-state index is 0.234. The van der Waals surface area contributed by atoms with Crippen molar-refractivity contribution in [2.75, 3.05) is 18.4 Å². The fraction of sp³-hybridized carbons (Fsp3) is 0.350. The number of hydrogen-bond acceptors (Lipinski definition) is 3. The molecule has 132 valence electrons. The number of halogens is 1. The number of carbonyl (C=O) groups excluding carboxylic acids is 1. The second-order valence-electron chi connectivity index (χ2n) is 6.39. The molecule has 2 aromatic carbocycles. The number of nitrogens with one attached hydrogen (secondary N) is 1. The first-order valence-electron chi connectivity index (χ1n) is 8.64. The minimum atomic E-state index is -0.673. The fourth-order valence-electron chi connectivity index (χ4n) is 2.96. The zero-order valence-corrected chi connectivity index (χ0v) is 14.4. The molecule has 1 aliphatic heterocycles. The molecular formula is C20H23FN2O2. The molecule has 0 aromatic heterocycles. The summed E-state index contributed by atoms with van der Waals surface area (Å²) < 4.78 is 18.5. The number of hydrogen-bond donors (Lipinski definition) is 1. The van der Waals surface area contributed by atoms with Gasteiger partial charge < -0.3 is 10.1 Å². The number of benzene rings is 2. The summed E-state index contributed by atoms with van der Waals surface area (Å²) in [5.74, 6) is -0.103. The first-order chi connectivity index (χ1) is 12.1. The van der Waals surface area contributed by atoms with Crippen molar-refractivity contribution in [2.45, 2.75) is 32.4 Å². The zero-order chi connectivity index (χ0) is 17.6.